The van der Waals surface area contributed by atoms with Gasteiger partial charge in [-0.05, 0) is 30.9 Å². The first kappa shape index (κ1) is 13.0. The van der Waals surface area contributed by atoms with E-state index in [0.29, 0.717) is 6.04 Å². The molecular weight excluding hydrogens is 232 g/mol. The van der Waals surface area contributed by atoms with Gasteiger partial charge >= 0.3 is 0 Å². The number of furan rings is 1. The monoisotopic (exact) mass is 254 g/mol. The summed E-state index contributed by atoms with van der Waals surface area (Å²) in [7, 11) is 0. The highest BCUT2D eigenvalue weighted by Gasteiger charge is 2.16. The molecule has 1 saturated carbocycles. The molecule has 1 aromatic heterocycles. The van der Waals surface area contributed by atoms with Gasteiger partial charge in [0.1, 0.15) is 0 Å². The molecule has 0 amide bonds. The normalized spacial score (nSPS) is 19.4. The maximum absolute atomic E-state index is 5.61. The lowest BCUT2D eigenvalue weighted by molar-refractivity contribution is 0.512. The van der Waals surface area contributed by atoms with Crippen LogP contribution in [0.5, 0.6) is 0 Å². The minimum atomic E-state index is 0.347. The van der Waals surface area contributed by atoms with Crippen molar-refractivity contribution in [1.29, 1.82) is 0 Å². The van der Waals surface area contributed by atoms with Crippen LogP contribution in [0.2, 0.25) is 0 Å². The summed E-state index contributed by atoms with van der Waals surface area (Å²) in [5.74, 6) is 6.70. The van der Waals surface area contributed by atoms with E-state index in [2.05, 4.69) is 17.2 Å². The molecule has 1 fully saturated rings. The molecule has 1 aliphatic rings. The second-order valence-corrected chi connectivity index (χ2v) is 6.13. The highest BCUT2D eigenvalue weighted by atomic mass is 32.2. The average Bonchev–Trinajstić information content (AvgIpc) is 2.88. The Kier molecular flexibility index (Phi) is 5.42. The van der Waals surface area contributed by atoms with E-state index in [1.54, 1.807) is 12.5 Å². The molecule has 4 heteroatoms. The predicted octanol–water partition coefficient (Wildman–Crippen LogP) is 2.72. The van der Waals surface area contributed by atoms with E-state index in [1.807, 2.05) is 6.07 Å². The zero-order chi connectivity index (χ0) is 11.9. The Bertz CT molecular complexity index is 296. The fourth-order valence-electron chi connectivity index (χ4n) is 2.34. The SMILES string of the molecule is NNC(CSC1CCCCC1)Cc1ccoc1. The maximum Gasteiger partial charge on any atom is 0.0935 e. The Labute approximate surface area is 107 Å². The quantitative estimate of drug-likeness (QED) is 0.605. The van der Waals surface area contributed by atoms with Crippen molar-refractivity contribution in [1.82, 2.24) is 5.43 Å². The Morgan fingerprint density at radius 2 is 2.24 bits per heavy atom. The van der Waals surface area contributed by atoms with Crippen LogP contribution in [0.4, 0.5) is 0 Å². The minimum absolute atomic E-state index is 0.347. The van der Waals surface area contributed by atoms with Crippen LogP contribution in [-0.4, -0.2) is 17.0 Å². The standard InChI is InChI=1S/C13H22N2OS/c14-15-12(8-11-6-7-16-9-11)10-17-13-4-2-1-3-5-13/h6-7,9,12-13,15H,1-5,8,10,14H2. The smallest absolute Gasteiger partial charge is 0.0935 e. The van der Waals surface area contributed by atoms with E-state index in [9.17, 15) is 0 Å². The summed E-state index contributed by atoms with van der Waals surface area (Å²) in [6.45, 7) is 0. The molecule has 1 heterocycles. The molecule has 0 aliphatic heterocycles. The van der Waals surface area contributed by atoms with Crippen molar-refractivity contribution >= 4 is 11.8 Å². The minimum Gasteiger partial charge on any atom is -0.472 e. The van der Waals surface area contributed by atoms with Gasteiger partial charge in [0, 0.05) is 17.0 Å². The Morgan fingerprint density at radius 3 is 2.88 bits per heavy atom. The van der Waals surface area contributed by atoms with Crippen LogP contribution < -0.4 is 11.3 Å². The van der Waals surface area contributed by atoms with Crippen molar-refractivity contribution in [2.24, 2.45) is 5.84 Å². The van der Waals surface area contributed by atoms with Crippen molar-refractivity contribution in [3.63, 3.8) is 0 Å². The van der Waals surface area contributed by atoms with Gasteiger partial charge in [0.25, 0.3) is 0 Å². The van der Waals surface area contributed by atoms with Crippen LogP contribution >= 0.6 is 11.8 Å². The third kappa shape index (κ3) is 4.37. The van der Waals surface area contributed by atoms with Crippen molar-refractivity contribution in [3.05, 3.63) is 24.2 Å². The number of hydrogen-bond donors (Lipinski definition) is 2. The van der Waals surface area contributed by atoms with E-state index >= 15 is 0 Å². The molecule has 3 N–H and O–H groups in total. The molecular formula is C13H22N2OS. The zero-order valence-corrected chi connectivity index (χ0v) is 11.0. The number of thioether (sulfide) groups is 1. The number of rotatable bonds is 6. The fraction of sp³-hybridized carbons (Fsp3) is 0.692. The Morgan fingerprint density at radius 1 is 1.41 bits per heavy atom. The van der Waals surface area contributed by atoms with Gasteiger partial charge in [0.2, 0.25) is 0 Å². The predicted molar refractivity (Wildman–Crippen MR) is 72.9 cm³/mol. The van der Waals surface area contributed by atoms with E-state index in [4.69, 9.17) is 10.3 Å². The lowest BCUT2D eigenvalue weighted by Gasteiger charge is -2.23. The van der Waals surface area contributed by atoms with E-state index in [1.165, 1.54) is 37.7 Å². The van der Waals surface area contributed by atoms with Crippen LogP contribution in [-0.2, 0) is 6.42 Å². The molecule has 1 unspecified atom stereocenters. The molecule has 2 rings (SSSR count). The molecule has 0 bridgehead atoms. The number of hydrazine groups is 1. The maximum atomic E-state index is 5.61. The topological polar surface area (TPSA) is 51.2 Å². The first-order chi connectivity index (χ1) is 8.38. The van der Waals surface area contributed by atoms with Crippen LogP contribution in [0.3, 0.4) is 0 Å². The third-order valence-corrected chi connectivity index (χ3v) is 4.92. The van der Waals surface area contributed by atoms with E-state index in [-0.39, 0.29) is 0 Å². The summed E-state index contributed by atoms with van der Waals surface area (Å²) < 4.78 is 5.08. The van der Waals surface area contributed by atoms with Gasteiger partial charge in [0.05, 0.1) is 12.5 Å². The highest BCUT2D eigenvalue weighted by molar-refractivity contribution is 7.99. The molecule has 1 atom stereocenters. The highest BCUT2D eigenvalue weighted by Crippen LogP contribution is 2.28. The van der Waals surface area contributed by atoms with Crippen LogP contribution in [0.25, 0.3) is 0 Å². The summed E-state index contributed by atoms with van der Waals surface area (Å²) >= 11 is 2.08. The summed E-state index contributed by atoms with van der Waals surface area (Å²) in [5.41, 5.74) is 4.14. The lowest BCUT2D eigenvalue weighted by atomic mass is 10.0. The largest absolute Gasteiger partial charge is 0.472 e. The number of hydrogen-bond acceptors (Lipinski definition) is 4. The fourth-order valence-corrected chi connectivity index (χ4v) is 3.73. The second kappa shape index (κ2) is 7.09. The van der Waals surface area contributed by atoms with Gasteiger partial charge in [-0.15, -0.1) is 0 Å². The van der Waals surface area contributed by atoms with Gasteiger partial charge in [-0.2, -0.15) is 11.8 Å². The van der Waals surface area contributed by atoms with Crippen LogP contribution in [0, 0.1) is 0 Å². The molecule has 96 valence electrons. The molecule has 0 aromatic carbocycles. The number of nitrogens with one attached hydrogen (secondary N) is 1. The van der Waals surface area contributed by atoms with Gasteiger partial charge in [-0.25, -0.2) is 0 Å². The first-order valence-electron chi connectivity index (χ1n) is 6.47. The van der Waals surface area contributed by atoms with Gasteiger partial charge in [-0.1, -0.05) is 19.3 Å². The van der Waals surface area contributed by atoms with Crippen LogP contribution in [0.15, 0.2) is 23.0 Å². The lowest BCUT2D eigenvalue weighted by Crippen LogP contribution is -2.39. The molecule has 0 spiro atoms. The van der Waals surface area contributed by atoms with Gasteiger partial charge in [0.15, 0.2) is 0 Å². The average molecular weight is 254 g/mol. The van der Waals surface area contributed by atoms with Crippen molar-refractivity contribution in [3.8, 4) is 0 Å². The molecule has 3 nitrogen and oxygen atoms in total. The molecule has 1 aromatic rings. The summed E-state index contributed by atoms with van der Waals surface area (Å²) in [5, 5.41) is 0.851. The van der Waals surface area contributed by atoms with Crippen molar-refractivity contribution < 1.29 is 4.42 Å². The Hall–Kier alpha value is -0.450. The van der Waals surface area contributed by atoms with E-state index in [0.717, 1.165) is 17.4 Å². The second-order valence-electron chi connectivity index (χ2n) is 4.79. The zero-order valence-electron chi connectivity index (χ0n) is 10.2. The first-order valence-corrected chi connectivity index (χ1v) is 7.52. The molecule has 0 saturated heterocycles. The summed E-state index contributed by atoms with van der Waals surface area (Å²) in [6.07, 6.45) is 11.5. The van der Waals surface area contributed by atoms with Crippen molar-refractivity contribution in [2.75, 3.05) is 5.75 Å². The van der Waals surface area contributed by atoms with Crippen molar-refractivity contribution in [2.45, 2.75) is 49.8 Å². The Balaban J connectivity index is 1.71. The molecule has 1 aliphatic carbocycles. The third-order valence-electron chi connectivity index (χ3n) is 3.38. The van der Waals surface area contributed by atoms with E-state index < -0.39 is 0 Å². The number of nitrogens with two attached hydrogens (primary N) is 1. The summed E-state index contributed by atoms with van der Waals surface area (Å²) in [4.78, 5) is 0. The van der Waals surface area contributed by atoms with Gasteiger partial charge in [-0.3, -0.25) is 11.3 Å². The van der Waals surface area contributed by atoms with Gasteiger partial charge < -0.3 is 4.42 Å². The summed E-state index contributed by atoms with van der Waals surface area (Å²) in [6, 6.07) is 2.36. The molecule has 0 radical (unpaired) electrons. The molecule has 17 heavy (non-hydrogen) atoms. The van der Waals surface area contributed by atoms with Crippen LogP contribution in [0.1, 0.15) is 37.7 Å².